The number of pyridine rings is 1. The van der Waals surface area contributed by atoms with Gasteiger partial charge in [0.05, 0.1) is 12.3 Å². The number of aromatic nitrogens is 1. The summed E-state index contributed by atoms with van der Waals surface area (Å²) in [4.78, 5) is 16.8. The summed E-state index contributed by atoms with van der Waals surface area (Å²) in [6.45, 7) is 8.55. The summed E-state index contributed by atoms with van der Waals surface area (Å²) in [7, 11) is 0. The van der Waals surface area contributed by atoms with Crippen molar-refractivity contribution >= 4 is 22.5 Å². The largest absolute Gasteiger partial charge is 0.491 e. The average molecular weight is 316 g/mol. The Kier molecular flexibility index (Phi) is 5.55. The average Bonchev–Trinajstić information content (AvgIpc) is 2.54. The molecule has 5 heteroatoms. The number of carbonyl (C=O) groups excluding carboxylic acids is 1. The molecule has 124 valence electrons. The molecule has 2 rings (SSSR count). The lowest BCUT2D eigenvalue weighted by molar-refractivity contribution is -0.136. The summed E-state index contributed by atoms with van der Waals surface area (Å²) in [6.07, 6.45) is 2.65. The molecule has 0 aliphatic heterocycles. The zero-order valence-corrected chi connectivity index (χ0v) is 14.2. The van der Waals surface area contributed by atoms with Gasteiger partial charge in [-0.15, -0.1) is 0 Å². The van der Waals surface area contributed by atoms with Gasteiger partial charge in [-0.1, -0.05) is 6.92 Å². The molecular formula is C18H24N2O3. The van der Waals surface area contributed by atoms with E-state index in [-0.39, 0.29) is 5.91 Å². The Bertz CT molecular complexity index is 683. The number of hydrogen-bond donors (Lipinski definition) is 1. The lowest BCUT2D eigenvalue weighted by Crippen LogP contribution is -2.39. The van der Waals surface area contributed by atoms with E-state index >= 15 is 0 Å². The number of nitrogens with one attached hydrogen (secondary N) is 1. The van der Waals surface area contributed by atoms with Gasteiger partial charge in [0.25, 0.3) is 5.91 Å². The Hall–Kier alpha value is -2.14. The van der Waals surface area contributed by atoms with Crippen LogP contribution in [0.1, 0.15) is 34.1 Å². The normalized spacial score (nSPS) is 11.5. The van der Waals surface area contributed by atoms with Gasteiger partial charge in [-0.25, -0.2) is 0 Å². The van der Waals surface area contributed by atoms with Crippen LogP contribution in [-0.4, -0.2) is 29.7 Å². The molecule has 0 atom stereocenters. The Balaban J connectivity index is 2.34. The maximum Gasteiger partial charge on any atom is 0.256 e. The van der Waals surface area contributed by atoms with Crippen molar-refractivity contribution in [2.45, 2.75) is 39.7 Å². The number of anilines is 1. The number of benzene rings is 1. The number of rotatable bonds is 7. The van der Waals surface area contributed by atoms with Crippen LogP contribution < -0.4 is 10.1 Å². The fourth-order valence-corrected chi connectivity index (χ4v) is 2.28. The number of amides is 1. The summed E-state index contributed by atoms with van der Waals surface area (Å²) in [6, 6.07) is 7.45. The molecule has 0 saturated heterocycles. The van der Waals surface area contributed by atoms with Gasteiger partial charge in [0, 0.05) is 18.2 Å². The predicted molar refractivity (Wildman–Crippen MR) is 91.9 cm³/mol. The molecule has 0 saturated carbocycles. The van der Waals surface area contributed by atoms with Crippen molar-refractivity contribution in [2.75, 3.05) is 18.5 Å². The van der Waals surface area contributed by atoms with Crippen LogP contribution in [0.4, 0.5) is 5.69 Å². The summed E-state index contributed by atoms with van der Waals surface area (Å²) in [5.41, 5.74) is 0.559. The molecule has 0 aliphatic carbocycles. The highest BCUT2D eigenvalue weighted by Gasteiger charge is 2.28. The Morgan fingerprint density at radius 1 is 1.26 bits per heavy atom. The van der Waals surface area contributed by atoms with Gasteiger partial charge in [-0.05, 0) is 51.5 Å². The van der Waals surface area contributed by atoms with E-state index in [0.717, 1.165) is 23.1 Å². The van der Waals surface area contributed by atoms with Crippen LogP contribution in [0, 0.1) is 0 Å². The summed E-state index contributed by atoms with van der Waals surface area (Å²) >= 11 is 0. The van der Waals surface area contributed by atoms with Crippen molar-refractivity contribution in [1.29, 1.82) is 0 Å². The number of hydrogen-bond acceptors (Lipinski definition) is 4. The van der Waals surface area contributed by atoms with Gasteiger partial charge in [-0.2, -0.15) is 0 Å². The van der Waals surface area contributed by atoms with Crippen LogP contribution in [0.2, 0.25) is 0 Å². The molecule has 23 heavy (non-hydrogen) atoms. The summed E-state index contributed by atoms with van der Waals surface area (Å²) in [5, 5.41) is 3.78. The van der Waals surface area contributed by atoms with Gasteiger partial charge < -0.3 is 14.8 Å². The summed E-state index contributed by atoms with van der Waals surface area (Å²) < 4.78 is 11.2. The summed E-state index contributed by atoms with van der Waals surface area (Å²) in [5.74, 6) is 0.538. The number of carbonyl (C=O) groups is 1. The second-order valence-electron chi connectivity index (χ2n) is 5.76. The Labute approximate surface area is 137 Å². The predicted octanol–water partition coefficient (Wildman–Crippen LogP) is 3.78. The lowest BCUT2D eigenvalue weighted by Gasteiger charge is -2.24. The van der Waals surface area contributed by atoms with Gasteiger partial charge in [0.1, 0.15) is 16.9 Å². The molecule has 0 bridgehead atoms. The fraction of sp³-hybridized carbons (Fsp3) is 0.444. The molecule has 1 amide bonds. The topological polar surface area (TPSA) is 60.5 Å². The quantitative estimate of drug-likeness (QED) is 0.844. The van der Waals surface area contributed by atoms with Crippen molar-refractivity contribution in [3.05, 3.63) is 30.5 Å². The first-order valence-corrected chi connectivity index (χ1v) is 7.95. The molecule has 5 nitrogen and oxygen atoms in total. The van der Waals surface area contributed by atoms with E-state index in [1.807, 2.05) is 31.2 Å². The number of fused-ring (bicyclic) bond motifs is 1. The third kappa shape index (κ3) is 3.99. The van der Waals surface area contributed by atoms with Crippen molar-refractivity contribution in [2.24, 2.45) is 0 Å². The van der Waals surface area contributed by atoms with Crippen molar-refractivity contribution < 1.29 is 14.3 Å². The number of nitrogens with zero attached hydrogens (tertiary/aromatic N) is 1. The van der Waals surface area contributed by atoms with Gasteiger partial charge in [0.15, 0.2) is 0 Å². The van der Waals surface area contributed by atoms with E-state index in [4.69, 9.17) is 9.47 Å². The minimum atomic E-state index is -0.888. The minimum absolute atomic E-state index is 0.188. The van der Waals surface area contributed by atoms with Crippen LogP contribution in [0.5, 0.6) is 5.75 Å². The van der Waals surface area contributed by atoms with Crippen molar-refractivity contribution in [3.8, 4) is 5.75 Å². The molecule has 1 aromatic carbocycles. The second-order valence-corrected chi connectivity index (χ2v) is 5.76. The van der Waals surface area contributed by atoms with Crippen molar-refractivity contribution in [3.63, 3.8) is 0 Å². The molecule has 0 radical (unpaired) electrons. The monoisotopic (exact) mass is 316 g/mol. The molecule has 0 fully saturated rings. The van der Waals surface area contributed by atoms with E-state index in [0.29, 0.717) is 18.9 Å². The van der Waals surface area contributed by atoms with Crippen LogP contribution in [0.15, 0.2) is 30.5 Å². The van der Waals surface area contributed by atoms with E-state index in [1.165, 1.54) is 0 Å². The maximum absolute atomic E-state index is 12.4. The van der Waals surface area contributed by atoms with Gasteiger partial charge >= 0.3 is 0 Å². The number of ether oxygens (including phenoxy) is 2. The highest BCUT2D eigenvalue weighted by Crippen LogP contribution is 2.30. The molecule has 1 N–H and O–H groups in total. The van der Waals surface area contributed by atoms with Crippen LogP contribution in [0.3, 0.4) is 0 Å². The van der Waals surface area contributed by atoms with Crippen LogP contribution in [-0.2, 0) is 9.53 Å². The second kappa shape index (κ2) is 7.42. The highest BCUT2D eigenvalue weighted by atomic mass is 16.5. The molecule has 2 aromatic rings. The third-order valence-electron chi connectivity index (χ3n) is 3.49. The SMILES string of the molecule is CCCOc1ccc(NC(=O)C(C)(C)OCC)c2cccnc12. The molecular weight excluding hydrogens is 292 g/mol. The molecule has 0 aliphatic rings. The molecule has 1 heterocycles. The smallest absolute Gasteiger partial charge is 0.256 e. The first kappa shape index (κ1) is 17.2. The Morgan fingerprint density at radius 2 is 2.04 bits per heavy atom. The maximum atomic E-state index is 12.4. The van der Waals surface area contributed by atoms with E-state index in [1.54, 1.807) is 20.0 Å². The molecule has 0 spiro atoms. The van der Waals surface area contributed by atoms with E-state index in [9.17, 15) is 4.79 Å². The first-order valence-electron chi connectivity index (χ1n) is 7.95. The third-order valence-corrected chi connectivity index (χ3v) is 3.49. The van der Waals surface area contributed by atoms with Crippen molar-refractivity contribution in [1.82, 2.24) is 4.98 Å². The molecule has 1 aromatic heterocycles. The van der Waals surface area contributed by atoms with Crippen LogP contribution >= 0.6 is 0 Å². The van der Waals surface area contributed by atoms with E-state index in [2.05, 4.69) is 17.2 Å². The zero-order chi connectivity index (χ0) is 16.9. The van der Waals surface area contributed by atoms with Crippen LogP contribution in [0.25, 0.3) is 10.9 Å². The minimum Gasteiger partial charge on any atom is -0.491 e. The first-order chi connectivity index (χ1) is 11.0. The standard InChI is InChI=1S/C18H24N2O3/c1-5-12-22-15-10-9-14(13-8-7-11-19-16(13)15)20-17(21)18(3,4)23-6-2/h7-11H,5-6,12H2,1-4H3,(H,20,21). The van der Waals surface area contributed by atoms with Gasteiger partial charge in [-0.3, -0.25) is 9.78 Å². The van der Waals surface area contributed by atoms with Gasteiger partial charge in [0.2, 0.25) is 0 Å². The molecule has 0 unspecified atom stereocenters. The Morgan fingerprint density at radius 3 is 2.74 bits per heavy atom. The zero-order valence-electron chi connectivity index (χ0n) is 14.2. The fourth-order valence-electron chi connectivity index (χ4n) is 2.28. The van der Waals surface area contributed by atoms with E-state index < -0.39 is 5.60 Å². The lowest BCUT2D eigenvalue weighted by atomic mass is 10.1. The highest BCUT2D eigenvalue weighted by molar-refractivity contribution is 6.05.